The van der Waals surface area contributed by atoms with Gasteiger partial charge in [-0.2, -0.15) is 0 Å². The van der Waals surface area contributed by atoms with E-state index >= 15 is 0 Å². The van der Waals surface area contributed by atoms with Gasteiger partial charge in [-0.1, -0.05) is 48.5 Å². The molecule has 0 saturated carbocycles. The number of nitrogens with one attached hydrogen (secondary N) is 1. The summed E-state index contributed by atoms with van der Waals surface area (Å²) < 4.78 is 7.59. The molecule has 5 heteroatoms. The first kappa shape index (κ1) is 19.5. The Morgan fingerprint density at radius 1 is 1.03 bits per heavy atom. The molecule has 1 amide bonds. The molecule has 31 heavy (non-hydrogen) atoms. The molecule has 5 rings (SSSR count). The molecule has 0 unspecified atom stereocenters. The van der Waals surface area contributed by atoms with Gasteiger partial charge in [-0.25, -0.2) is 4.98 Å². The third-order valence-corrected chi connectivity index (χ3v) is 6.25. The summed E-state index contributed by atoms with van der Waals surface area (Å²) in [5.41, 5.74) is 5.07. The predicted molar refractivity (Wildman–Crippen MR) is 122 cm³/mol. The van der Waals surface area contributed by atoms with Crippen LogP contribution in [0.4, 0.5) is 5.69 Å². The Hall–Kier alpha value is -3.44. The number of amides is 1. The summed E-state index contributed by atoms with van der Waals surface area (Å²) in [7, 11) is 0. The molecule has 0 spiro atoms. The van der Waals surface area contributed by atoms with E-state index in [2.05, 4.69) is 5.32 Å². The van der Waals surface area contributed by atoms with Gasteiger partial charge in [-0.15, -0.1) is 0 Å². The van der Waals surface area contributed by atoms with E-state index in [1.165, 1.54) is 0 Å². The highest BCUT2D eigenvalue weighted by atomic mass is 16.5. The fourth-order valence-corrected chi connectivity index (χ4v) is 4.36. The van der Waals surface area contributed by atoms with Gasteiger partial charge >= 0.3 is 0 Å². The smallest absolute Gasteiger partial charge is 0.235 e. The monoisotopic (exact) mass is 411 g/mol. The van der Waals surface area contributed by atoms with E-state index in [4.69, 9.17) is 9.72 Å². The second-order valence-corrected chi connectivity index (χ2v) is 8.14. The van der Waals surface area contributed by atoms with Gasteiger partial charge in [0.05, 0.1) is 11.1 Å². The molecule has 1 saturated heterocycles. The summed E-state index contributed by atoms with van der Waals surface area (Å²) >= 11 is 0. The third-order valence-electron chi connectivity index (χ3n) is 6.25. The lowest BCUT2D eigenvalue weighted by Gasteiger charge is -2.36. The quantitative estimate of drug-likeness (QED) is 0.514. The van der Waals surface area contributed by atoms with Crippen LogP contribution in [0, 0.1) is 6.92 Å². The SMILES string of the molecule is Cc1ccc(-c2cn3ccccc3n2)cc1NC(=O)C1(c2ccccc2)CCOCC1. The molecule has 0 radical (unpaired) electrons. The van der Waals surface area contributed by atoms with Crippen LogP contribution in [0.3, 0.4) is 0 Å². The first-order chi connectivity index (χ1) is 15.2. The molecule has 1 aliphatic heterocycles. The average molecular weight is 412 g/mol. The highest BCUT2D eigenvalue weighted by molar-refractivity contribution is 6.00. The van der Waals surface area contributed by atoms with Crippen LogP contribution in [-0.2, 0) is 14.9 Å². The highest BCUT2D eigenvalue weighted by Crippen LogP contribution is 2.37. The number of imidazole rings is 1. The Morgan fingerprint density at radius 3 is 2.58 bits per heavy atom. The van der Waals surface area contributed by atoms with Crippen molar-refractivity contribution in [2.45, 2.75) is 25.2 Å². The van der Waals surface area contributed by atoms with Crippen LogP contribution in [-0.4, -0.2) is 28.5 Å². The molecule has 1 aliphatic rings. The molecule has 2 aromatic carbocycles. The van der Waals surface area contributed by atoms with Crippen LogP contribution in [0.1, 0.15) is 24.0 Å². The van der Waals surface area contributed by atoms with E-state index in [-0.39, 0.29) is 5.91 Å². The number of pyridine rings is 1. The molecular weight excluding hydrogens is 386 g/mol. The molecule has 1 N–H and O–H groups in total. The summed E-state index contributed by atoms with van der Waals surface area (Å²) in [5.74, 6) is 0.0252. The molecule has 4 aromatic rings. The van der Waals surface area contributed by atoms with Crippen molar-refractivity contribution in [1.82, 2.24) is 9.38 Å². The van der Waals surface area contributed by atoms with Crippen LogP contribution in [0.15, 0.2) is 79.1 Å². The number of aromatic nitrogens is 2. The number of hydrogen-bond acceptors (Lipinski definition) is 3. The number of carbonyl (C=O) groups is 1. The number of anilines is 1. The van der Waals surface area contributed by atoms with Crippen molar-refractivity contribution in [3.8, 4) is 11.3 Å². The molecule has 2 aromatic heterocycles. The average Bonchev–Trinajstić information content (AvgIpc) is 3.26. The number of hydrogen-bond donors (Lipinski definition) is 1. The van der Waals surface area contributed by atoms with Gasteiger partial charge in [0.25, 0.3) is 0 Å². The van der Waals surface area contributed by atoms with Crippen molar-refractivity contribution in [1.29, 1.82) is 0 Å². The summed E-state index contributed by atoms with van der Waals surface area (Å²) in [5, 5.41) is 3.23. The van der Waals surface area contributed by atoms with Gasteiger partial charge in [0.15, 0.2) is 0 Å². The summed E-state index contributed by atoms with van der Waals surface area (Å²) in [6, 6.07) is 22.1. The largest absolute Gasteiger partial charge is 0.381 e. The molecule has 0 aliphatic carbocycles. The number of nitrogens with zero attached hydrogens (tertiary/aromatic N) is 2. The zero-order valence-electron chi connectivity index (χ0n) is 17.5. The number of aryl methyl sites for hydroxylation is 1. The molecule has 5 nitrogen and oxygen atoms in total. The zero-order valence-corrected chi connectivity index (χ0v) is 17.5. The van der Waals surface area contributed by atoms with Gasteiger partial charge in [0.1, 0.15) is 5.65 Å². The Morgan fingerprint density at radius 2 is 1.81 bits per heavy atom. The van der Waals surface area contributed by atoms with Crippen LogP contribution < -0.4 is 5.32 Å². The van der Waals surface area contributed by atoms with Crippen molar-refractivity contribution in [3.05, 3.63) is 90.3 Å². The van der Waals surface area contributed by atoms with Crippen LogP contribution >= 0.6 is 0 Å². The number of benzene rings is 2. The van der Waals surface area contributed by atoms with Crippen molar-refractivity contribution in [3.63, 3.8) is 0 Å². The van der Waals surface area contributed by atoms with Gasteiger partial charge in [-0.05, 0) is 49.1 Å². The van der Waals surface area contributed by atoms with E-state index in [1.807, 2.05) is 90.4 Å². The molecular formula is C26H25N3O2. The predicted octanol–water partition coefficient (Wildman–Crippen LogP) is 5.00. The van der Waals surface area contributed by atoms with Gasteiger partial charge < -0.3 is 14.5 Å². The van der Waals surface area contributed by atoms with Gasteiger partial charge in [0.2, 0.25) is 5.91 Å². The second-order valence-electron chi connectivity index (χ2n) is 8.14. The lowest BCUT2D eigenvalue weighted by Crippen LogP contribution is -2.44. The second kappa shape index (κ2) is 8.00. The maximum Gasteiger partial charge on any atom is 0.235 e. The zero-order chi connectivity index (χ0) is 21.3. The summed E-state index contributed by atoms with van der Waals surface area (Å²) in [6.07, 6.45) is 5.34. The molecule has 0 bridgehead atoms. The van der Waals surface area contributed by atoms with E-state index < -0.39 is 5.41 Å². The molecule has 156 valence electrons. The van der Waals surface area contributed by atoms with Gasteiger partial charge in [0, 0.05) is 36.9 Å². The summed E-state index contributed by atoms with van der Waals surface area (Å²) in [4.78, 5) is 18.4. The van der Waals surface area contributed by atoms with E-state index in [0.717, 1.165) is 33.7 Å². The minimum absolute atomic E-state index is 0.0252. The molecule has 0 atom stereocenters. The van der Waals surface area contributed by atoms with E-state index in [0.29, 0.717) is 26.1 Å². The van der Waals surface area contributed by atoms with Crippen LogP contribution in [0.2, 0.25) is 0 Å². The molecule has 3 heterocycles. The van der Waals surface area contributed by atoms with Gasteiger partial charge in [-0.3, -0.25) is 4.79 Å². The van der Waals surface area contributed by atoms with Crippen LogP contribution in [0.5, 0.6) is 0 Å². The Labute approximate surface area is 181 Å². The normalized spacial score (nSPS) is 15.6. The minimum atomic E-state index is -0.578. The maximum atomic E-state index is 13.6. The number of rotatable bonds is 4. The summed E-state index contributed by atoms with van der Waals surface area (Å²) in [6.45, 7) is 3.19. The maximum absolute atomic E-state index is 13.6. The number of fused-ring (bicyclic) bond motifs is 1. The first-order valence-electron chi connectivity index (χ1n) is 10.7. The minimum Gasteiger partial charge on any atom is -0.381 e. The lowest BCUT2D eigenvalue weighted by atomic mass is 9.73. The fourth-order valence-electron chi connectivity index (χ4n) is 4.36. The van der Waals surface area contributed by atoms with Crippen molar-refractivity contribution in [2.24, 2.45) is 0 Å². The van der Waals surface area contributed by atoms with Crippen molar-refractivity contribution in [2.75, 3.05) is 18.5 Å². The van der Waals surface area contributed by atoms with Crippen molar-refractivity contribution < 1.29 is 9.53 Å². The first-order valence-corrected chi connectivity index (χ1v) is 10.7. The van der Waals surface area contributed by atoms with E-state index in [9.17, 15) is 4.79 Å². The highest BCUT2D eigenvalue weighted by Gasteiger charge is 2.41. The Kier molecular flexibility index (Phi) is 5.04. The Bertz CT molecular complexity index is 1190. The van der Waals surface area contributed by atoms with E-state index in [1.54, 1.807) is 0 Å². The lowest BCUT2D eigenvalue weighted by molar-refractivity contribution is -0.125. The standard InChI is InChI=1S/C26H25N3O2/c1-19-10-11-20(23-18-29-14-6-5-9-24(29)27-23)17-22(19)28-25(30)26(12-15-31-16-13-26)21-7-3-2-4-8-21/h2-11,14,17-18H,12-13,15-16H2,1H3,(H,28,30). The van der Waals surface area contributed by atoms with Crippen LogP contribution in [0.25, 0.3) is 16.9 Å². The Balaban J connectivity index is 1.48. The fraction of sp³-hybridized carbons (Fsp3) is 0.231. The molecule has 1 fully saturated rings. The van der Waals surface area contributed by atoms with Crippen molar-refractivity contribution >= 4 is 17.2 Å². The topological polar surface area (TPSA) is 55.6 Å². The number of carbonyl (C=O) groups excluding carboxylic acids is 1. The number of ether oxygens (including phenoxy) is 1. The third kappa shape index (κ3) is 3.62.